The molecule has 1 unspecified atom stereocenters. The number of ether oxygens (including phenoxy) is 2. The summed E-state index contributed by atoms with van der Waals surface area (Å²) in [5.74, 6) is 0.298. The fraction of sp³-hybridized carbons (Fsp3) is 0.194. The molecule has 3 aromatic carbocycles. The van der Waals surface area contributed by atoms with Gasteiger partial charge in [-0.1, -0.05) is 61.2 Å². The number of aliphatic imine (C=N–C) groups is 1. The highest BCUT2D eigenvalue weighted by atomic mass is 32.2. The van der Waals surface area contributed by atoms with Crippen molar-refractivity contribution >= 4 is 28.8 Å². The van der Waals surface area contributed by atoms with E-state index in [4.69, 9.17) is 14.5 Å². The van der Waals surface area contributed by atoms with Crippen LogP contribution in [0.5, 0.6) is 11.5 Å². The monoisotopic (exact) mass is 557 g/mol. The Balaban J connectivity index is 1.44. The first-order chi connectivity index (χ1) is 19.5. The lowest BCUT2D eigenvalue weighted by Crippen LogP contribution is -2.38. The number of amides is 1. The van der Waals surface area contributed by atoms with Gasteiger partial charge in [-0.25, -0.2) is 14.2 Å². The minimum Gasteiger partial charge on any atom is -0.466 e. The molecular weight excluding hydrogens is 529 g/mol. The second-order valence-corrected chi connectivity index (χ2v) is 10.0. The first-order valence-electron chi connectivity index (χ1n) is 12.9. The highest BCUT2D eigenvalue weighted by molar-refractivity contribution is 8.16. The van der Waals surface area contributed by atoms with E-state index in [2.05, 4.69) is 5.32 Å². The van der Waals surface area contributed by atoms with E-state index < -0.39 is 12.0 Å². The molecule has 1 atom stereocenters. The third-order valence-electron chi connectivity index (χ3n) is 6.53. The molecule has 2 heterocycles. The number of benzene rings is 3. The number of amidine groups is 1. The summed E-state index contributed by atoms with van der Waals surface area (Å²) in [7, 11) is 1.35. The van der Waals surface area contributed by atoms with E-state index in [1.54, 1.807) is 12.1 Å². The van der Waals surface area contributed by atoms with Gasteiger partial charge in [-0.15, -0.1) is 0 Å². The third-order valence-corrected chi connectivity index (χ3v) is 7.42. The van der Waals surface area contributed by atoms with Crippen LogP contribution in [-0.2, 0) is 20.9 Å². The van der Waals surface area contributed by atoms with Crippen LogP contribution in [0.4, 0.5) is 4.39 Å². The highest BCUT2D eigenvalue weighted by Crippen LogP contribution is 2.46. The number of allylic oxidation sites excluding steroid dienone is 1. The van der Waals surface area contributed by atoms with Crippen molar-refractivity contribution in [3.8, 4) is 11.5 Å². The Hall–Kier alpha value is -4.37. The van der Waals surface area contributed by atoms with Crippen LogP contribution in [0.2, 0.25) is 0 Å². The van der Waals surface area contributed by atoms with Crippen molar-refractivity contribution in [1.29, 1.82) is 0 Å². The number of thioether (sulfide) groups is 1. The van der Waals surface area contributed by atoms with E-state index in [1.807, 2.05) is 71.8 Å². The summed E-state index contributed by atoms with van der Waals surface area (Å²) in [6.45, 7) is 2.22. The molecule has 204 valence electrons. The second kappa shape index (κ2) is 12.2. The molecule has 5 rings (SSSR count). The number of methoxy groups -OCH3 is 1. The maximum absolute atomic E-state index is 13.2. The Labute approximate surface area is 236 Å². The van der Waals surface area contributed by atoms with Crippen LogP contribution < -0.4 is 10.1 Å². The Morgan fingerprint density at radius 3 is 2.50 bits per heavy atom. The molecule has 2 aliphatic heterocycles. The van der Waals surface area contributed by atoms with Crippen molar-refractivity contribution in [1.82, 2.24) is 10.2 Å². The molecule has 40 heavy (non-hydrogen) atoms. The van der Waals surface area contributed by atoms with Gasteiger partial charge < -0.3 is 19.7 Å². The van der Waals surface area contributed by atoms with Gasteiger partial charge in [-0.2, -0.15) is 0 Å². The lowest BCUT2D eigenvalue weighted by Gasteiger charge is -2.36. The molecule has 0 aromatic heterocycles. The first-order valence-corrected chi connectivity index (χ1v) is 13.7. The van der Waals surface area contributed by atoms with Crippen LogP contribution in [0, 0.1) is 5.82 Å². The van der Waals surface area contributed by atoms with Crippen molar-refractivity contribution in [3.63, 3.8) is 0 Å². The topological polar surface area (TPSA) is 80.2 Å². The van der Waals surface area contributed by atoms with Gasteiger partial charge in [0.05, 0.1) is 30.8 Å². The Morgan fingerprint density at radius 2 is 1.77 bits per heavy atom. The van der Waals surface area contributed by atoms with Gasteiger partial charge in [0, 0.05) is 12.2 Å². The Morgan fingerprint density at radius 1 is 1.02 bits per heavy atom. The van der Waals surface area contributed by atoms with Gasteiger partial charge >= 0.3 is 5.97 Å². The highest BCUT2D eigenvalue weighted by Gasteiger charge is 2.41. The molecule has 0 bridgehead atoms. The molecule has 0 saturated carbocycles. The quantitative estimate of drug-likeness (QED) is 0.304. The van der Waals surface area contributed by atoms with E-state index in [9.17, 15) is 14.0 Å². The van der Waals surface area contributed by atoms with Crippen LogP contribution in [0.3, 0.4) is 0 Å². The Bertz CT molecular complexity index is 1500. The first kappa shape index (κ1) is 27.2. The summed E-state index contributed by atoms with van der Waals surface area (Å²) in [4.78, 5) is 32.8. The van der Waals surface area contributed by atoms with Crippen molar-refractivity contribution < 1.29 is 23.5 Å². The van der Waals surface area contributed by atoms with Gasteiger partial charge in [-0.05, 0) is 59.4 Å². The predicted octanol–water partition coefficient (Wildman–Crippen LogP) is 6.46. The zero-order valence-electron chi connectivity index (χ0n) is 22.1. The van der Waals surface area contributed by atoms with E-state index in [-0.39, 0.29) is 24.7 Å². The van der Waals surface area contributed by atoms with E-state index >= 15 is 0 Å². The summed E-state index contributed by atoms with van der Waals surface area (Å²) >= 11 is 1.41. The zero-order chi connectivity index (χ0) is 28.1. The van der Waals surface area contributed by atoms with Crippen LogP contribution in [0.25, 0.3) is 0 Å². The molecule has 3 aromatic rings. The predicted molar refractivity (Wildman–Crippen MR) is 153 cm³/mol. The van der Waals surface area contributed by atoms with Crippen LogP contribution in [-0.4, -0.2) is 29.1 Å². The minimum atomic E-state index is -0.569. The molecule has 0 radical (unpaired) electrons. The number of esters is 1. The van der Waals surface area contributed by atoms with Crippen molar-refractivity contribution in [2.45, 2.75) is 32.4 Å². The number of halogens is 1. The number of hydrogen-bond acceptors (Lipinski definition) is 7. The average molecular weight is 558 g/mol. The second-order valence-electron chi connectivity index (χ2n) is 9.17. The van der Waals surface area contributed by atoms with Crippen molar-refractivity contribution in [2.75, 3.05) is 7.11 Å². The number of para-hydroxylation sites is 1. The van der Waals surface area contributed by atoms with Gasteiger partial charge in [0.25, 0.3) is 0 Å². The van der Waals surface area contributed by atoms with Crippen molar-refractivity contribution in [2.24, 2.45) is 4.99 Å². The Kier molecular flexibility index (Phi) is 8.31. The molecule has 0 saturated heterocycles. The van der Waals surface area contributed by atoms with Gasteiger partial charge in [-0.3, -0.25) is 4.79 Å². The maximum Gasteiger partial charge on any atom is 0.338 e. The summed E-state index contributed by atoms with van der Waals surface area (Å²) in [6, 6.07) is 22.4. The van der Waals surface area contributed by atoms with E-state index in [0.29, 0.717) is 40.1 Å². The fourth-order valence-electron chi connectivity index (χ4n) is 4.63. The largest absolute Gasteiger partial charge is 0.466 e. The van der Waals surface area contributed by atoms with Crippen molar-refractivity contribution in [3.05, 3.63) is 118 Å². The average Bonchev–Trinajstić information content (AvgIpc) is 3.38. The third kappa shape index (κ3) is 5.94. The van der Waals surface area contributed by atoms with Crippen LogP contribution in [0.15, 0.2) is 106 Å². The molecule has 7 nitrogen and oxygen atoms in total. The summed E-state index contributed by atoms with van der Waals surface area (Å²) in [6.07, 6.45) is 0.604. The van der Waals surface area contributed by atoms with Gasteiger partial charge in [0.15, 0.2) is 5.17 Å². The zero-order valence-corrected chi connectivity index (χ0v) is 22.9. The van der Waals surface area contributed by atoms with Crippen LogP contribution in [0.1, 0.15) is 36.9 Å². The van der Waals surface area contributed by atoms with Gasteiger partial charge in [0.1, 0.15) is 17.3 Å². The summed E-state index contributed by atoms with van der Waals surface area (Å²) in [5, 5.41) is 5.47. The molecular formula is C31H28FN3O4S. The van der Waals surface area contributed by atoms with E-state index in [1.165, 1.54) is 31.0 Å². The number of rotatable bonds is 9. The molecule has 0 fully saturated rings. The number of carbonyl (C=O) groups excluding carboxylic acids is 2. The standard InChI is InChI=1S/C31H28FN3O4S/c1-3-26-28(30(37)38-2)29(21-8-7-11-25(16-21)39-24-9-5-4-6-10-24)35-23(19-40-31(35)34-26)17-27(36)33-18-20-12-14-22(32)15-13-20/h4-16,19,29H,3,17-18H2,1-2H3,(H,33,36). The smallest absolute Gasteiger partial charge is 0.338 e. The molecule has 0 aliphatic carbocycles. The number of fused-ring (bicyclic) bond motifs is 1. The molecule has 1 N–H and O–H groups in total. The lowest BCUT2D eigenvalue weighted by atomic mass is 9.92. The van der Waals surface area contributed by atoms with Gasteiger partial charge in [0.2, 0.25) is 5.91 Å². The number of nitrogens with zero attached hydrogens (tertiary/aromatic N) is 2. The SMILES string of the molecule is CCC1=C(C(=O)OC)C(c2cccc(Oc3ccccc3)c2)N2C(CC(=O)NCc3ccc(F)cc3)=CSC2=N1. The molecule has 1 amide bonds. The fourth-order valence-corrected chi connectivity index (χ4v) is 5.57. The molecule has 9 heteroatoms. The normalized spacial score (nSPS) is 16.2. The number of hydrogen-bond donors (Lipinski definition) is 1. The number of carbonyl (C=O) groups is 2. The molecule has 0 spiro atoms. The van der Waals surface area contributed by atoms with Crippen LogP contribution >= 0.6 is 11.8 Å². The summed E-state index contributed by atoms with van der Waals surface area (Å²) < 4.78 is 24.5. The maximum atomic E-state index is 13.2. The minimum absolute atomic E-state index is 0.0693. The van der Waals surface area contributed by atoms with E-state index in [0.717, 1.165) is 11.1 Å². The lowest BCUT2D eigenvalue weighted by molar-refractivity contribution is -0.136. The number of nitrogens with one attached hydrogen (secondary N) is 1. The molecule has 2 aliphatic rings. The summed E-state index contributed by atoms with van der Waals surface area (Å²) in [5.41, 5.74) is 3.36.